The molecule has 0 saturated heterocycles. The van der Waals surface area contributed by atoms with Gasteiger partial charge in [0.25, 0.3) is 0 Å². The van der Waals surface area contributed by atoms with E-state index in [1.807, 2.05) is 13.8 Å². The highest BCUT2D eigenvalue weighted by molar-refractivity contribution is 5.48. The van der Waals surface area contributed by atoms with Crippen molar-refractivity contribution in [1.29, 1.82) is 0 Å². The molecule has 16 heavy (non-hydrogen) atoms. The van der Waals surface area contributed by atoms with Crippen molar-refractivity contribution in [3.63, 3.8) is 0 Å². The maximum Gasteiger partial charge on any atom is 0.123 e. The third-order valence-corrected chi connectivity index (χ3v) is 2.46. The van der Waals surface area contributed by atoms with Crippen LogP contribution in [0.3, 0.4) is 0 Å². The predicted octanol–water partition coefficient (Wildman–Crippen LogP) is 3.42. The molecule has 0 heterocycles. The number of methoxy groups -OCH3 is 1. The summed E-state index contributed by atoms with van der Waals surface area (Å²) in [5, 5.41) is 3.15. The molecular weight excluding hydrogens is 205 g/mol. The summed E-state index contributed by atoms with van der Waals surface area (Å²) < 4.78 is 17.8. The SMILES string of the molecule is C=C(Nc1ccc(F)cc1)C(C)(C)COC. The minimum Gasteiger partial charge on any atom is -0.384 e. The zero-order valence-corrected chi connectivity index (χ0v) is 10.0. The molecule has 88 valence electrons. The molecule has 0 aliphatic heterocycles. The van der Waals surface area contributed by atoms with Gasteiger partial charge in [-0.15, -0.1) is 0 Å². The molecule has 0 aliphatic carbocycles. The first-order valence-corrected chi connectivity index (χ1v) is 5.16. The van der Waals surface area contributed by atoms with Gasteiger partial charge in [0, 0.05) is 23.9 Å². The summed E-state index contributed by atoms with van der Waals surface area (Å²) >= 11 is 0. The van der Waals surface area contributed by atoms with Crippen molar-refractivity contribution in [2.75, 3.05) is 19.0 Å². The van der Waals surface area contributed by atoms with Crippen LogP contribution in [-0.4, -0.2) is 13.7 Å². The third-order valence-electron chi connectivity index (χ3n) is 2.46. The first kappa shape index (κ1) is 12.7. The third kappa shape index (κ3) is 3.35. The van der Waals surface area contributed by atoms with Crippen LogP contribution in [-0.2, 0) is 4.74 Å². The van der Waals surface area contributed by atoms with Gasteiger partial charge < -0.3 is 10.1 Å². The molecule has 1 aromatic rings. The number of rotatable bonds is 5. The van der Waals surface area contributed by atoms with Crippen molar-refractivity contribution in [3.05, 3.63) is 42.4 Å². The average Bonchev–Trinajstić information content (AvgIpc) is 2.21. The fraction of sp³-hybridized carbons (Fsp3) is 0.385. The maximum absolute atomic E-state index is 12.7. The summed E-state index contributed by atoms with van der Waals surface area (Å²) in [5.41, 5.74) is 1.51. The van der Waals surface area contributed by atoms with Crippen LogP contribution < -0.4 is 5.32 Å². The minimum absolute atomic E-state index is 0.164. The van der Waals surface area contributed by atoms with Crippen molar-refractivity contribution < 1.29 is 9.13 Å². The molecule has 2 nitrogen and oxygen atoms in total. The van der Waals surface area contributed by atoms with E-state index in [4.69, 9.17) is 4.74 Å². The van der Waals surface area contributed by atoms with Gasteiger partial charge in [0.15, 0.2) is 0 Å². The number of ether oxygens (including phenoxy) is 1. The lowest BCUT2D eigenvalue weighted by Gasteiger charge is -2.27. The van der Waals surface area contributed by atoms with Crippen molar-refractivity contribution in [2.24, 2.45) is 5.41 Å². The number of anilines is 1. The van der Waals surface area contributed by atoms with Gasteiger partial charge in [-0.05, 0) is 24.3 Å². The van der Waals surface area contributed by atoms with E-state index in [9.17, 15) is 4.39 Å². The zero-order valence-electron chi connectivity index (χ0n) is 10.0. The molecule has 3 heteroatoms. The van der Waals surface area contributed by atoms with E-state index in [2.05, 4.69) is 11.9 Å². The van der Waals surface area contributed by atoms with E-state index in [1.54, 1.807) is 19.2 Å². The fourth-order valence-electron chi connectivity index (χ4n) is 1.32. The van der Waals surface area contributed by atoms with Crippen molar-refractivity contribution in [1.82, 2.24) is 0 Å². The predicted molar refractivity (Wildman–Crippen MR) is 64.8 cm³/mol. The van der Waals surface area contributed by atoms with Crippen LogP contribution in [0.1, 0.15) is 13.8 Å². The Morgan fingerprint density at radius 2 is 1.94 bits per heavy atom. The number of benzene rings is 1. The highest BCUT2D eigenvalue weighted by atomic mass is 19.1. The van der Waals surface area contributed by atoms with E-state index in [0.717, 1.165) is 11.4 Å². The Kier molecular flexibility index (Phi) is 4.07. The Bertz CT molecular complexity index is 357. The van der Waals surface area contributed by atoms with Crippen molar-refractivity contribution in [2.45, 2.75) is 13.8 Å². The first-order chi connectivity index (χ1) is 7.45. The first-order valence-electron chi connectivity index (χ1n) is 5.16. The van der Waals surface area contributed by atoms with E-state index in [0.29, 0.717) is 6.61 Å². The largest absolute Gasteiger partial charge is 0.384 e. The van der Waals surface area contributed by atoms with Crippen LogP contribution in [0.5, 0.6) is 0 Å². The van der Waals surface area contributed by atoms with Gasteiger partial charge in [-0.1, -0.05) is 20.4 Å². The van der Waals surface area contributed by atoms with Gasteiger partial charge >= 0.3 is 0 Å². The van der Waals surface area contributed by atoms with Crippen LogP contribution in [0, 0.1) is 11.2 Å². The summed E-state index contributed by atoms with van der Waals surface area (Å²) in [6, 6.07) is 6.20. The number of hydrogen-bond donors (Lipinski definition) is 1. The molecule has 0 aromatic heterocycles. The Hall–Kier alpha value is -1.35. The monoisotopic (exact) mass is 223 g/mol. The summed E-state index contributed by atoms with van der Waals surface area (Å²) in [4.78, 5) is 0. The topological polar surface area (TPSA) is 21.3 Å². The lowest BCUT2D eigenvalue weighted by atomic mass is 9.91. The van der Waals surface area contributed by atoms with Gasteiger partial charge in [0.2, 0.25) is 0 Å². The lowest BCUT2D eigenvalue weighted by molar-refractivity contribution is 0.127. The second-order valence-corrected chi connectivity index (χ2v) is 4.43. The molecule has 0 fully saturated rings. The Morgan fingerprint density at radius 3 is 2.44 bits per heavy atom. The van der Waals surface area contributed by atoms with E-state index >= 15 is 0 Å². The second kappa shape index (κ2) is 5.12. The molecule has 1 aromatic carbocycles. The summed E-state index contributed by atoms with van der Waals surface area (Å²) in [5.74, 6) is -0.243. The molecule has 0 spiro atoms. The molecule has 1 rings (SSSR count). The van der Waals surface area contributed by atoms with Crippen molar-refractivity contribution >= 4 is 5.69 Å². The smallest absolute Gasteiger partial charge is 0.123 e. The quantitative estimate of drug-likeness (QED) is 0.825. The average molecular weight is 223 g/mol. The second-order valence-electron chi connectivity index (χ2n) is 4.43. The van der Waals surface area contributed by atoms with Gasteiger partial charge in [-0.25, -0.2) is 4.39 Å². The van der Waals surface area contributed by atoms with E-state index < -0.39 is 0 Å². The summed E-state index contributed by atoms with van der Waals surface area (Å²) in [6.07, 6.45) is 0. The van der Waals surface area contributed by atoms with Crippen LogP contribution in [0.25, 0.3) is 0 Å². The fourth-order valence-corrected chi connectivity index (χ4v) is 1.32. The Labute approximate surface area is 96.1 Å². The summed E-state index contributed by atoms with van der Waals surface area (Å²) in [7, 11) is 1.66. The zero-order chi connectivity index (χ0) is 12.2. The van der Waals surface area contributed by atoms with Crippen LogP contribution in [0.2, 0.25) is 0 Å². The van der Waals surface area contributed by atoms with Crippen LogP contribution in [0.4, 0.5) is 10.1 Å². The van der Waals surface area contributed by atoms with Gasteiger partial charge in [-0.3, -0.25) is 0 Å². The number of hydrogen-bond acceptors (Lipinski definition) is 2. The molecule has 0 aliphatic rings. The molecule has 0 bridgehead atoms. The lowest BCUT2D eigenvalue weighted by Crippen LogP contribution is -2.25. The highest BCUT2D eigenvalue weighted by Gasteiger charge is 2.21. The molecule has 1 N–H and O–H groups in total. The number of halogens is 1. The Balaban J connectivity index is 2.67. The molecule has 0 unspecified atom stereocenters. The molecule has 0 amide bonds. The molecule has 0 radical (unpaired) electrons. The number of nitrogens with one attached hydrogen (secondary N) is 1. The molecular formula is C13H18FNO. The molecule has 0 saturated carbocycles. The van der Waals surface area contributed by atoms with Crippen LogP contribution >= 0.6 is 0 Å². The summed E-state index contributed by atoms with van der Waals surface area (Å²) in [6.45, 7) is 8.64. The molecule has 0 atom stereocenters. The van der Waals surface area contributed by atoms with Gasteiger partial charge in [0.1, 0.15) is 5.82 Å². The highest BCUT2D eigenvalue weighted by Crippen LogP contribution is 2.26. The van der Waals surface area contributed by atoms with Gasteiger partial charge in [0.05, 0.1) is 6.61 Å². The van der Waals surface area contributed by atoms with Crippen LogP contribution in [0.15, 0.2) is 36.5 Å². The Morgan fingerprint density at radius 1 is 1.38 bits per heavy atom. The van der Waals surface area contributed by atoms with E-state index in [-0.39, 0.29) is 11.2 Å². The van der Waals surface area contributed by atoms with E-state index in [1.165, 1.54) is 12.1 Å². The standard InChI is InChI=1S/C13H18FNO/c1-10(13(2,3)9-16-4)15-12-7-5-11(14)6-8-12/h5-8,15H,1,9H2,2-4H3. The normalized spacial score (nSPS) is 11.2. The van der Waals surface area contributed by atoms with Crippen molar-refractivity contribution in [3.8, 4) is 0 Å². The van der Waals surface area contributed by atoms with Gasteiger partial charge in [-0.2, -0.15) is 0 Å². The maximum atomic E-state index is 12.7. The minimum atomic E-state index is -0.243.